The van der Waals surface area contributed by atoms with Crippen LogP contribution in [0.2, 0.25) is 5.02 Å². The van der Waals surface area contributed by atoms with Gasteiger partial charge in [0.2, 0.25) is 15.8 Å². The number of halogens is 1. The minimum absolute atomic E-state index is 0.0669. The van der Waals surface area contributed by atoms with Crippen molar-refractivity contribution < 1.29 is 32.2 Å². The summed E-state index contributed by atoms with van der Waals surface area (Å²) >= 11 is 6.17. The molecular formula is C20H23ClN2O7S. The lowest BCUT2D eigenvalue weighted by Crippen LogP contribution is -2.40. The fourth-order valence-corrected chi connectivity index (χ4v) is 5.03. The molecule has 31 heavy (non-hydrogen) atoms. The first kappa shape index (κ1) is 23.1. The van der Waals surface area contributed by atoms with Crippen molar-refractivity contribution in [2.45, 2.75) is 4.90 Å². The number of morpholine rings is 1. The molecule has 1 saturated heterocycles. The highest BCUT2D eigenvalue weighted by Crippen LogP contribution is 2.38. The number of sulfonamides is 1. The molecule has 168 valence electrons. The van der Waals surface area contributed by atoms with Crippen molar-refractivity contribution in [1.82, 2.24) is 4.31 Å². The number of carbonyl (C=O) groups excluding carboxylic acids is 1. The lowest BCUT2D eigenvalue weighted by Gasteiger charge is -2.26. The van der Waals surface area contributed by atoms with E-state index in [0.29, 0.717) is 30.5 Å². The first-order valence-corrected chi connectivity index (χ1v) is 11.1. The number of hydrogen-bond donors (Lipinski definition) is 1. The lowest BCUT2D eigenvalue weighted by atomic mass is 10.1. The van der Waals surface area contributed by atoms with E-state index in [1.807, 2.05) is 0 Å². The van der Waals surface area contributed by atoms with Crippen LogP contribution in [0.5, 0.6) is 17.2 Å². The average Bonchev–Trinajstić information content (AvgIpc) is 2.79. The van der Waals surface area contributed by atoms with Gasteiger partial charge in [-0.05, 0) is 30.3 Å². The second-order valence-electron chi connectivity index (χ2n) is 6.53. The van der Waals surface area contributed by atoms with Crippen LogP contribution in [-0.2, 0) is 14.8 Å². The predicted molar refractivity (Wildman–Crippen MR) is 115 cm³/mol. The summed E-state index contributed by atoms with van der Waals surface area (Å²) in [6, 6.07) is 7.29. The lowest BCUT2D eigenvalue weighted by molar-refractivity contribution is 0.0730. The van der Waals surface area contributed by atoms with Crippen LogP contribution in [0.1, 0.15) is 10.4 Å². The number of methoxy groups -OCH3 is 3. The molecule has 0 atom stereocenters. The van der Waals surface area contributed by atoms with Gasteiger partial charge in [0.05, 0.1) is 39.6 Å². The smallest absolute Gasteiger partial charge is 0.255 e. The zero-order valence-corrected chi connectivity index (χ0v) is 18.9. The van der Waals surface area contributed by atoms with Crippen LogP contribution < -0.4 is 19.5 Å². The maximum absolute atomic E-state index is 13.0. The quantitative estimate of drug-likeness (QED) is 0.663. The Bertz CT molecular complexity index is 1040. The molecule has 1 amide bonds. The Kier molecular flexibility index (Phi) is 7.26. The number of nitrogens with one attached hydrogen (secondary N) is 1. The van der Waals surface area contributed by atoms with E-state index >= 15 is 0 Å². The molecule has 0 saturated carbocycles. The van der Waals surface area contributed by atoms with Crippen LogP contribution in [0.3, 0.4) is 0 Å². The van der Waals surface area contributed by atoms with E-state index in [1.165, 1.54) is 56.0 Å². The molecule has 1 aliphatic rings. The van der Waals surface area contributed by atoms with Crippen LogP contribution >= 0.6 is 11.6 Å². The summed E-state index contributed by atoms with van der Waals surface area (Å²) in [5.41, 5.74) is 0.511. The third kappa shape index (κ3) is 4.87. The predicted octanol–water partition coefficient (Wildman–Crippen LogP) is 2.64. The van der Waals surface area contributed by atoms with Gasteiger partial charge in [0.15, 0.2) is 11.5 Å². The molecule has 0 aliphatic carbocycles. The fourth-order valence-electron chi connectivity index (χ4n) is 3.12. The molecule has 1 aliphatic heterocycles. The van der Waals surface area contributed by atoms with Gasteiger partial charge in [-0.1, -0.05) is 11.6 Å². The SMILES string of the molecule is COc1cc(C(=O)Nc2ccc(Cl)c(S(=O)(=O)N3CCOCC3)c2)cc(OC)c1OC. The molecule has 11 heteroatoms. The monoisotopic (exact) mass is 470 g/mol. The van der Waals surface area contributed by atoms with E-state index in [0.717, 1.165) is 0 Å². The molecule has 0 spiro atoms. The molecule has 1 N–H and O–H groups in total. The van der Waals surface area contributed by atoms with Crippen molar-refractivity contribution in [1.29, 1.82) is 0 Å². The number of carbonyl (C=O) groups is 1. The molecule has 9 nitrogen and oxygen atoms in total. The second kappa shape index (κ2) is 9.73. The highest BCUT2D eigenvalue weighted by molar-refractivity contribution is 7.89. The molecule has 0 radical (unpaired) electrons. The summed E-state index contributed by atoms with van der Waals surface area (Å²) in [4.78, 5) is 12.7. The van der Waals surface area contributed by atoms with E-state index < -0.39 is 15.9 Å². The van der Waals surface area contributed by atoms with Gasteiger partial charge in [-0.3, -0.25) is 4.79 Å². The highest BCUT2D eigenvalue weighted by Gasteiger charge is 2.29. The summed E-state index contributed by atoms with van der Waals surface area (Å²) in [6.07, 6.45) is 0. The third-order valence-corrected chi connectivity index (χ3v) is 7.08. The topological polar surface area (TPSA) is 103 Å². The minimum atomic E-state index is -3.83. The molecule has 2 aromatic carbocycles. The van der Waals surface area contributed by atoms with Crippen LogP contribution in [0.25, 0.3) is 0 Å². The molecule has 3 rings (SSSR count). The van der Waals surface area contributed by atoms with Gasteiger partial charge in [0.1, 0.15) is 4.90 Å². The Labute approximate surface area is 185 Å². The number of ether oxygens (including phenoxy) is 4. The van der Waals surface area contributed by atoms with Gasteiger partial charge < -0.3 is 24.3 Å². The zero-order chi connectivity index (χ0) is 22.6. The number of anilines is 1. The van der Waals surface area contributed by atoms with Gasteiger partial charge >= 0.3 is 0 Å². The summed E-state index contributed by atoms with van der Waals surface area (Å²) < 4.78 is 48.3. The van der Waals surface area contributed by atoms with Crippen molar-refractivity contribution in [3.05, 3.63) is 40.9 Å². The van der Waals surface area contributed by atoms with Gasteiger partial charge in [0, 0.05) is 24.3 Å². The summed E-state index contributed by atoms with van der Waals surface area (Å²) in [5.74, 6) is 0.501. The Morgan fingerprint density at radius 1 is 1.03 bits per heavy atom. The van der Waals surface area contributed by atoms with Crippen molar-refractivity contribution in [3.63, 3.8) is 0 Å². The van der Waals surface area contributed by atoms with E-state index in [2.05, 4.69) is 5.32 Å². The van der Waals surface area contributed by atoms with E-state index in [-0.39, 0.29) is 34.3 Å². The molecule has 1 fully saturated rings. The highest BCUT2D eigenvalue weighted by atomic mass is 35.5. The normalized spacial score (nSPS) is 14.7. The summed E-state index contributed by atoms with van der Waals surface area (Å²) in [5, 5.41) is 2.75. The minimum Gasteiger partial charge on any atom is -0.493 e. The van der Waals surface area contributed by atoms with Crippen LogP contribution in [0.4, 0.5) is 5.69 Å². The Morgan fingerprint density at radius 3 is 2.19 bits per heavy atom. The van der Waals surface area contributed by atoms with Gasteiger partial charge in [0.25, 0.3) is 5.91 Å². The van der Waals surface area contributed by atoms with Crippen LogP contribution in [-0.4, -0.2) is 66.3 Å². The summed E-state index contributed by atoms with van der Waals surface area (Å²) in [6.45, 7) is 1.10. The maximum Gasteiger partial charge on any atom is 0.255 e. The molecule has 0 bridgehead atoms. The summed E-state index contributed by atoms with van der Waals surface area (Å²) in [7, 11) is 0.521. The average molecular weight is 471 g/mol. The van der Waals surface area contributed by atoms with E-state index in [1.54, 1.807) is 0 Å². The number of amides is 1. The van der Waals surface area contributed by atoms with E-state index in [9.17, 15) is 13.2 Å². The first-order valence-electron chi connectivity index (χ1n) is 9.30. The first-order chi connectivity index (χ1) is 14.8. The number of hydrogen-bond acceptors (Lipinski definition) is 7. The Balaban J connectivity index is 1.90. The number of benzene rings is 2. The van der Waals surface area contributed by atoms with Crippen molar-refractivity contribution in [2.75, 3.05) is 52.9 Å². The molecule has 0 unspecified atom stereocenters. The Hall–Kier alpha value is -2.53. The molecular weight excluding hydrogens is 448 g/mol. The molecule has 1 heterocycles. The zero-order valence-electron chi connectivity index (χ0n) is 17.3. The van der Waals surface area contributed by atoms with Crippen LogP contribution in [0.15, 0.2) is 35.2 Å². The fraction of sp³-hybridized carbons (Fsp3) is 0.350. The molecule has 0 aromatic heterocycles. The van der Waals surface area contributed by atoms with Gasteiger partial charge in [-0.2, -0.15) is 4.31 Å². The number of nitrogens with zero attached hydrogens (tertiary/aromatic N) is 1. The van der Waals surface area contributed by atoms with Crippen molar-refractivity contribution >= 4 is 33.2 Å². The maximum atomic E-state index is 13.0. The van der Waals surface area contributed by atoms with Gasteiger partial charge in [-0.15, -0.1) is 0 Å². The van der Waals surface area contributed by atoms with Crippen LogP contribution in [0, 0.1) is 0 Å². The third-order valence-electron chi connectivity index (χ3n) is 4.70. The van der Waals surface area contributed by atoms with Crippen molar-refractivity contribution in [3.8, 4) is 17.2 Å². The second-order valence-corrected chi connectivity index (χ2v) is 8.84. The number of rotatable bonds is 7. The van der Waals surface area contributed by atoms with E-state index in [4.69, 9.17) is 30.5 Å². The largest absolute Gasteiger partial charge is 0.493 e. The van der Waals surface area contributed by atoms with Gasteiger partial charge in [-0.25, -0.2) is 8.42 Å². The van der Waals surface area contributed by atoms with Crippen molar-refractivity contribution in [2.24, 2.45) is 0 Å². The standard InChI is InChI=1S/C20H23ClN2O7S/c1-27-16-10-13(11-17(28-2)19(16)29-3)20(24)22-14-4-5-15(21)18(12-14)31(25,26)23-6-8-30-9-7-23/h4-5,10-12H,6-9H2,1-3H3,(H,22,24). The molecule has 2 aromatic rings. The Morgan fingerprint density at radius 2 is 1.65 bits per heavy atom.